The van der Waals surface area contributed by atoms with Crippen LogP contribution >= 0.6 is 0 Å². The number of pyridine rings is 1. The maximum atomic E-state index is 12.0. The molecule has 0 saturated carbocycles. The summed E-state index contributed by atoms with van der Waals surface area (Å²) in [6.07, 6.45) is 1.62. The van der Waals surface area contributed by atoms with Crippen molar-refractivity contribution in [2.45, 2.75) is 18.4 Å². The molecular formula is C15H15NO5S. The van der Waals surface area contributed by atoms with Gasteiger partial charge in [-0.1, -0.05) is 18.2 Å². The van der Waals surface area contributed by atoms with E-state index in [4.69, 9.17) is 5.11 Å². The van der Waals surface area contributed by atoms with E-state index in [0.29, 0.717) is 5.56 Å². The van der Waals surface area contributed by atoms with E-state index in [0.717, 1.165) is 0 Å². The molecule has 2 rings (SSSR count). The standard InChI is InChI=1S/C15H15NO5S/c1-11(18)15-13(6-4-8-16(15)9-10-17)12-5-2-3-7-14(12)22(19,20)21/h2-8,17H,9-10H2,1H3. The number of carbonyl (C=O) groups is 1. The van der Waals surface area contributed by atoms with Crippen LogP contribution in [0.3, 0.4) is 0 Å². The van der Waals surface area contributed by atoms with Gasteiger partial charge in [0.15, 0.2) is 12.7 Å². The van der Waals surface area contributed by atoms with Crippen LogP contribution in [0.4, 0.5) is 0 Å². The van der Waals surface area contributed by atoms with Gasteiger partial charge in [-0.15, -0.1) is 0 Å². The Kier molecular flexibility index (Phi) is 4.70. The first kappa shape index (κ1) is 16.3. The maximum Gasteiger partial charge on any atom is 0.256 e. The molecule has 7 heteroatoms. The lowest BCUT2D eigenvalue weighted by molar-refractivity contribution is -0.699. The predicted octanol–water partition coefficient (Wildman–Crippen LogP) is 0.740. The highest BCUT2D eigenvalue weighted by Crippen LogP contribution is 2.28. The SMILES string of the molecule is CC(=O)c1c(-c2ccccc2S(=O)(=O)[O-])ccc[n+]1CCO. The molecule has 116 valence electrons. The van der Waals surface area contributed by atoms with Crippen LogP contribution in [0.25, 0.3) is 11.1 Å². The molecule has 1 aromatic heterocycles. The minimum absolute atomic E-state index is 0.171. The van der Waals surface area contributed by atoms with E-state index < -0.39 is 10.1 Å². The molecular weight excluding hydrogens is 306 g/mol. The third kappa shape index (κ3) is 3.22. The highest BCUT2D eigenvalue weighted by atomic mass is 32.2. The highest BCUT2D eigenvalue weighted by Gasteiger charge is 2.24. The molecule has 22 heavy (non-hydrogen) atoms. The molecule has 2 aromatic rings. The zero-order valence-corrected chi connectivity index (χ0v) is 12.7. The van der Waals surface area contributed by atoms with E-state index >= 15 is 0 Å². The summed E-state index contributed by atoms with van der Waals surface area (Å²) in [5, 5.41) is 9.09. The van der Waals surface area contributed by atoms with Crippen molar-refractivity contribution in [3.05, 3.63) is 48.3 Å². The number of aromatic nitrogens is 1. The van der Waals surface area contributed by atoms with Crippen molar-refractivity contribution in [3.63, 3.8) is 0 Å². The summed E-state index contributed by atoms with van der Waals surface area (Å²) in [5.41, 5.74) is 0.765. The number of ketones is 1. The fourth-order valence-corrected chi connectivity index (χ4v) is 3.05. The van der Waals surface area contributed by atoms with Crippen LogP contribution in [-0.4, -0.2) is 30.5 Å². The first-order chi connectivity index (χ1) is 10.4. The first-order valence-electron chi connectivity index (χ1n) is 6.56. The van der Waals surface area contributed by atoms with Crippen molar-refractivity contribution in [2.75, 3.05) is 6.61 Å². The minimum Gasteiger partial charge on any atom is -0.744 e. The number of benzene rings is 1. The van der Waals surface area contributed by atoms with Crippen molar-refractivity contribution in [1.29, 1.82) is 0 Å². The molecule has 0 aliphatic heterocycles. The van der Waals surface area contributed by atoms with Crippen molar-refractivity contribution < 1.29 is 27.4 Å². The zero-order chi connectivity index (χ0) is 16.3. The lowest BCUT2D eigenvalue weighted by Gasteiger charge is -2.14. The third-order valence-electron chi connectivity index (χ3n) is 3.19. The second kappa shape index (κ2) is 6.35. The molecule has 0 aliphatic rings. The van der Waals surface area contributed by atoms with Gasteiger partial charge in [0.1, 0.15) is 16.7 Å². The highest BCUT2D eigenvalue weighted by molar-refractivity contribution is 7.85. The molecule has 0 saturated heterocycles. The number of aliphatic hydroxyl groups is 1. The number of carbonyl (C=O) groups excluding carboxylic acids is 1. The summed E-state index contributed by atoms with van der Waals surface area (Å²) < 4.78 is 35.8. The summed E-state index contributed by atoms with van der Waals surface area (Å²) >= 11 is 0. The first-order valence-corrected chi connectivity index (χ1v) is 7.96. The molecule has 0 unspecified atom stereocenters. The maximum absolute atomic E-state index is 12.0. The van der Waals surface area contributed by atoms with E-state index in [1.165, 1.54) is 29.7 Å². The molecule has 0 aliphatic carbocycles. The summed E-state index contributed by atoms with van der Waals surface area (Å²) in [4.78, 5) is 11.6. The Labute approximate surface area is 128 Å². The van der Waals surface area contributed by atoms with Crippen molar-refractivity contribution in [1.82, 2.24) is 0 Å². The van der Waals surface area contributed by atoms with Crippen LogP contribution in [0.1, 0.15) is 17.4 Å². The molecule has 1 N–H and O–H groups in total. The molecule has 1 heterocycles. The van der Waals surface area contributed by atoms with Gasteiger partial charge in [-0.2, -0.15) is 4.57 Å². The lowest BCUT2D eigenvalue weighted by atomic mass is 10.0. The summed E-state index contributed by atoms with van der Waals surface area (Å²) in [6.45, 7) is 1.37. The molecule has 0 bridgehead atoms. The van der Waals surface area contributed by atoms with E-state index in [2.05, 4.69) is 0 Å². The van der Waals surface area contributed by atoms with Gasteiger partial charge in [0.25, 0.3) is 5.69 Å². The second-order valence-corrected chi connectivity index (χ2v) is 6.04. The smallest absolute Gasteiger partial charge is 0.256 e. The Balaban J connectivity index is 2.79. The molecule has 0 amide bonds. The quantitative estimate of drug-likeness (QED) is 0.497. The van der Waals surface area contributed by atoms with Crippen LogP contribution in [0.2, 0.25) is 0 Å². The molecule has 0 fully saturated rings. The van der Waals surface area contributed by atoms with Crippen LogP contribution in [0.15, 0.2) is 47.5 Å². The van der Waals surface area contributed by atoms with Gasteiger partial charge in [0.05, 0.1) is 10.5 Å². The van der Waals surface area contributed by atoms with Crippen molar-refractivity contribution >= 4 is 15.9 Å². The van der Waals surface area contributed by atoms with Gasteiger partial charge in [0, 0.05) is 18.6 Å². The van der Waals surface area contributed by atoms with Gasteiger partial charge in [0.2, 0.25) is 5.78 Å². The molecule has 0 atom stereocenters. The molecule has 0 spiro atoms. The zero-order valence-electron chi connectivity index (χ0n) is 11.9. The Morgan fingerprint density at radius 1 is 1.18 bits per heavy atom. The third-order valence-corrected chi connectivity index (χ3v) is 4.09. The predicted molar refractivity (Wildman–Crippen MR) is 77.1 cm³/mol. The number of aliphatic hydroxyl groups excluding tert-OH is 1. The van der Waals surface area contributed by atoms with E-state index in [-0.39, 0.29) is 35.1 Å². The van der Waals surface area contributed by atoms with Crippen LogP contribution in [0, 0.1) is 0 Å². The number of hydrogen-bond acceptors (Lipinski definition) is 5. The van der Waals surface area contributed by atoms with Crippen molar-refractivity contribution in [2.24, 2.45) is 0 Å². The molecule has 1 aromatic carbocycles. The van der Waals surface area contributed by atoms with Gasteiger partial charge >= 0.3 is 0 Å². The lowest BCUT2D eigenvalue weighted by Crippen LogP contribution is -2.41. The van der Waals surface area contributed by atoms with Crippen LogP contribution < -0.4 is 4.57 Å². The number of nitrogens with zero attached hydrogens (tertiary/aromatic N) is 1. The van der Waals surface area contributed by atoms with Crippen LogP contribution in [-0.2, 0) is 16.7 Å². The van der Waals surface area contributed by atoms with Gasteiger partial charge in [-0.25, -0.2) is 8.42 Å². The average molecular weight is 321 g/mol. The fraction of sp³-hybridized carbons (Fsp3) is 0.200. The average Bonchev–Trinajstić information content (AvgIpc) is 2.46. The second-order valence-electron chi connectivity index (χ2n) is 4.69. The summed E-state index contributed by atoms with van der Waals surface area (Å²) in [6, 6.07) is 8.95. The number of Topliss-reactive ketones (excluding diaryl/α,β-unsaturated/α-hetero) is 1. The van der Waals surface area contributed by atoms with Crippen molar-refractivity contribution in [3.8, 4) is 11.1 Å². The van der Waals surface area contributed by atoms with Gasteiger partial charge in [-0.05, 0) is 12.1 Å². The van der Waals surface area contributed by atoms with Crippen LogP contribution in [0.5, 0.6) is 0 Å². The summed E-state index contributed by atoms with van der Waals surface area (Å²) in [5.74, 6) is -0.290. The number of rotatable bonds is 5. The van der Waals surface area contributed by atoms with E-state index in [1.54, 1.807) is 24.4 Å². The molecule has 6 nitrogen and oxygen atoms in total. The Morgan fingerprint density at radius 2 is 1.82 bits per heavy atom. The topological polar surface area (TPSA) is 98.4 Å². The Morgan fingerprint density at radius 3 is 2.41 bits per heavy atom. The molecule has 0 radical (unpaired) electrons. The Bertz CT molecular complexity index is 814. The Hall–Kier alpha value is -2.09. The normalized spacial score (nSPS) is 11.4. The fourth-order valence-electron chi connectivity index (χ4n) is 2.36. The van der Waals surface area contributed by atoms with E-state index in [1.807, 2.05) is 0 Å². The minimum atomic E-state index is -4.67. The number of hydrogen-bond donors (Lipinski definition) is 1. The van der Waals surface area contributed by atoms with E-state index in [9.17, 15) is 17.8 Å². The van der Waals surface area contributed by atoms with Gasteiger partial charge in [-0.3, -0.25) is 4.79 Å². The largest absolute Gasteiger partial charge is 0.744 e. The summed E-state index contributed by atoms with van der Waals surface area (Å²) in [7, 11) is -4.67. The monoisotopic (exact) mass is 321 g/mol. The van der Waals surface area contributed by atoms with Gasteiger partial charge < -0.3 is 9.66 Å².